The Kier molecular flexibility index (Phi) is 2.79. The molecule has 1 heterocycles. The van der Waals surface area contributed by atoms with Gasteiger partial charge in [-0.05, 0) is 36.7 Å². The van der Waals surface area contributed by atoms with Crippen molar-refractivity contribution < 1.29 is 0 Å². The minimum atomic E-state index is 0.598. The largest absolute Gasteiger partial charge is 0.397 e. The van der Waals surface area contributed by atoms with Gasteiger partial charge in [0.2, 0.25) is 0 Å². The second-order valence-electron chi connectivity index (χ2n) is 3.00. The molecule has 1 aromatic carbocycles. The number of benzene rings is 1. The molecule has 78 valence electrons. The van der Waals surface area contributed by atoms with Gasteiger partial charge >= 0.3 is 0 Å². The summed E-state index contributed by atoms with van der Waals surface area (Å²) in [5.74, 6) is 0.797. The Morgan fingerprint density at radius 3 is 2.67 bits per heavy atom. The molecule has 0 aliphatic carbocycles. The molecule has 0 atom stereocenters. The molecule has 2 aromatic rings. The van der Waals surface area contributed by atoms with Crippen LogP contribution in [0.3, 0.4) is 0 Å². The van der Waals surface area contributed by atoms with Gasteiger partial charge in [0.05, 0.1) is 11.4 Å². The summed E-state index contributed by atoms with van der Waals surface area (Å²) in [5, 5.41) is 0. The Morgan fingerprint density at radius 1 is 1.27 bits per heavy atom. The molecule has 0 fully saturated rings. The average Bonchev–Trinajstić information content (AvgIpc) is 2.58. The summed E-state index contributed by atoms with van der Waals surface area (Å²) in [4.78, 5) is 5.28. The third-order valence-corrected chi connectivity index (χ3v) is 3.60. The highest BCUT2D eigenvalue weighted by atomic mass is 32.2. The number of nitrogen functional groups attached to an aromatic ring is 2. The van der Waals surface area contributed by atoms with Crippen molar-refractivity contribution in [2.24, 2.45) is 0 Å². The molecular formula is C9H10N4S2. The molecule has 0 saturated heterocycles. The third-order valence-electron chi connectivity index (χ3n) is 1.77. The van der Waals surface area contributed by atoms with Gasteiger partial charge in [0.25, 0.3) is 0 Å². The first kappa shape index (κ1) is 10.3. The second-order valence-corrected chi connectivity index (χ2v) is 5.07. The molecular weight excluding hydrogens is 228 g/mol. The average molecular weight is 238 g/mol. The van der Waals surface area contributed by atoms with Crippen molar-refractivity contribution in [1.82, 2.24) is 9.36 Å². The molecule has 0 aliphatic heterocycles. The number of hydrogen-bond donors (Lipinski definition) is 2. The second kappa shape index (κ2) is 4.08. The van der Waals surface area contributed by atoms with Crippen LogP contribution in [-0.4, -0.2) is 9.36 Å². The SMILES string of the molecule is Cc1nsc(Sc2ccc(N)c(N)c2)n1. The van der Waals surface area contributed by atoms with E-state index in [-0.39, 0.29) is 0 Å². The van der Waals surface area contributed by atoms with Crippen molar-refractivity contribution in [3.05, 3.63) is 24.0 Å². The molecule has 4 nitrogen and oxygen atoms in total. The van der Waals surface area contributed by atoms with Crippen molar-refractivity contribution in [2.75, 3.05) is 11.5 Å². The summed E-state index contributed by atoms with van der Waals surface area (Å²) >= 11 is 2.92. The highest BCUT2D eigenvalue weighted by Gasteiger charge is 2.04. The minimum absolute atomic E-state index is 0.598. The molecule has 0 radical (unpaired) electrons. The zero-order valence-electron chi connectivity index (χ0n) is 8.10. The first-order valence-electron chi connectivity index (χ1n) is 4.28. The number of rotatable bonds is 2. The van der Waals surface area contributed by atoms with Crippen molar-refractivity contribution >= 4 is 34.7 Å². The monoisotopic (exact) mass is 238 g/mol. The van der Waals surface area contributed by atoms with Crippen LogP contribution in [-0.2, 0) is 0 Å². The van der Waals surface area contributed by atoms with Crippen molar-refractivity contribution in [2.45, 2.75) is 16.2 Å². The predicted molar refractivity (Wildman–Crippen MR) is 64.0 cm³/mol. The maximum Gasteiger partial charge on any atom is 0.174 e. The van der Waals surface area contributed by atoms with Gasteiger partial charge < -0.3 is 11.5 Å². The summed E-state index contributed by atoms with van der Waals surface area (Å²) in [6, 6.07) is 5.56. The molecule has 1 aromatic heterocycles. The number of aryl methyl sites for hydroxylation is 1. The lowest BCUT2D eigenvalue weighted by Gasteiger charge is -2.01. The smallest absolute Gasteiger partial charge is 0.174 e. The van der Waals surface area contributed by atoms with E-state index in [1.165, 1.54) is 11.5 Å². The van der Waals surface area contributed by atoms with E-state index < -0.39 is 0 Å². The first-order chi connectivity index (χ1) is 7.15. The number of nitrogens with zero attached hydrogens (tertiary/aromatic N) is 2. The number of anilines is 2. The first-order valence-corrected chi connectivity index (χ1v) is 5.87. The van der Waals surface area contributed by atoms with Crippen LogP contribution in [0.15, 0.2) is 27.4 Å². The van der Waals surface area contributed by atoms with Crippen LogP contribution in [0.5, 0.6) is 0 Å². The number of hydrogen-bond acceptors (Lipinski definition) is 6. The molecule has 0 saturated carbocycles. The van der Waals surface area contributed by atoms with Gasteiger partial charge in [-0.3, -0.25) is 0 Å². The molecule has 4 N–H and O–H groups in total. The van der Waals surface area contributed by atoms with Crippen LogP contribution in [0.1, 0.15) is 5.82 Å². The van der Waals surface area contributed by atoms with Crippen LogP contribution in [0.2, 0.25) is 0 Å². The van der Waals surface area contributed by atoms with E-state index in [9.17, 15) is 0 Å². The van der Waals surface area contributed by atoms with Gasteiger partial charge in [-0.25, -0.2) is 4.98 Å². The van der Waals surface area contributed by atoms with E-state index in [0.29, 0.717) is 11.4 Å². The zero-order valence-corrected chi connectivity index (χ0v) is 9.73. The van der Waals surface area contributed by atoms with Crippen LogP contribution in [0, 0.1) is 6.92 Å². The fourth-order valence-electron chi connectivity index (χ4n) is 1.04. The van der Waals surface area contributed by atoms with Gasteiger partial charge in [0, 0.05) is 4.90 Å². The van der Waals surface area contributed by atoms with E-state index in [1.807, 2.05) is 19.1 Å². The standard InChI is InChI=1S/C9H10N4S2/c1-5-12-9(15-13-5)14-6-2-3-7(10)8(11)4-6/h2-4H,10-11H2,1H3. The van der Waals surface area contributed by atoms with Gasteiger partial charge in [0.15, 0.2) is 4.34 Å². The van der Waals surface area contributed by atoms with E-state index in [2.05, 4.69) is 9.36 Å². The number of aromatic nitrogens is 2. The lowest BCUT2D eigenvalue weighted by Crippen LogP contribution is -1.93. The summed E-state index contributed by atoms with van der Waals surface area (Å²) in [6.45, 7) is 1.87. The molecule has 0 unspecified atom stereocenters. The molecule has 0 amide bonds. The number of nitrogens with two attached hydrogens (primary N) is 2. The topological polar surface area (TPSA) is 77.8 Å². The van der Waals surface area contributed by atoms with Gasteiger partial charge in [-0.15, -0.1) is 0 Å². The summed E-state index contributed by atoms with van der Waals surface area (Å²) < 4.78 is 5.02. The highest BCUT2D eigenvalue weighted by Crippen LogP contribution is 2.31. The molecule has 0 aliphatic rings. The molecule has 0 bridgehead atoms. The minimum Gasteiger partial charge on any atom is -0.397 e. The molecule has 2 rings (SSSR count). The van der Waals surface area contributed by atoms with E-state index in [4.69, 9.17) is 11.5 Å². The van der Waals surface area contributed by atoms with Crippen LogP contribution in [0.4, 0.5) is 11.4 Å². The lowest BCUT2D eigenvalue weighted by molar-refractivity contribution is 1.10. The Bertz CT molecular complexity index is 481. The van der Waals surface area contributed by atoms with Gasteiger partial charge in [-0.1, -0.05) is 11.8 Å². The lowest BCUT2D eigenvalue weighted by atomic mass is 10.3. The highest BCUT2D eigenvalue weighted by molar-refractivity contribution is 8.01. The summed E-state index contributed by atoms with van der Waals surface area (Å²) in [7, 11) is 0. The van der Waals surface area contributed by atoms with Crippen LogP contribution in [0.25, 0.3) is 0 Å². The Hall–Kier alpha value is -1.27. The van der Waals surface area contributed by atoms with Crippen molar-refractivity contribution in [1.29, 1.82) is 0 Å². The zero-order chi connectivity index (χ0) is 10.8. The molecule has 6 heteroatoms. The Morgan fingerprint density at radius 2 is 2.07 bits per heavy atom. The van der Waals surface area contributed by atoms with Crippen LogP contribution < -0.4 is 11.5 Å². The molecule has 0 spiro atoms. The summed E-state index contributed by atoms with van der Waals surface area (Å²) in [6.07, 6.45) is 0. The third kappa shape index (κ3) is 2.40. The quantitative estimate of drug-likeness (QED) is 0.784. The Labute approximate surface area is 95.9 Å². The Balaban J connectivity index is 2.21. The van der Waals surface area contributed by atoms with E-state index >= 15 is 0 Å². The van der Waals surface area contributed by atoms with Crippen molar-refractivity contribution in [3.63, 3.8) is 0 Å². The maximum atomic E-state index is 5.71. The fraction of sp³-hybridized carbons (Fsp3) is 0.111. The van der Waals surface area contributed by atoms with E-state index in [0.717, 1.165) is 15.1 Å². The van der Waals surface area contributed by atoms with Gasteiger partial charge in [-0.2, -0.15) is 4.37 Å². The summed E-state index contributed by atoms with van der Waals surface area (Å²) in [5.41, 5.74) is 12.5. The normalized spacial score (nSPS) is 10.5. The molecule has 15 heavy (non-hydrogen) atoms. The van der Waals surface area contributed by atoms with Crippen LogP contribution >= 0.6 is 23.3 Å². The maximum absolute atomic E-state index is 5.71. The van der Waals surface area contributed by atoms with Crippen molar-refractivity contribution in [3.8, 4) is 0 Å². The van der Waals surface area contributed by atoms with E-state index in [1.54, 1.807) is 17.8 Å². The van der Waals surface area contributed by atoms with Gasteiger partial charge in [0.1, 0.15) is 5.82 Å². The predicted octanol–water partition coefficient (Wildman–Crippen LogP) is 2.16. The fourth-order valence-corrected chi connectivity index (χ4v) is 2.71.